The Morgan fingerprint density at radius 1 is 1.50 bits per heavy atom. The van der Waals surface area contributed by atoms with Gasteiger partial charge in [0.25, 0.3) is 0 Å². The zero-order valence-corrected chi connectivity index (χ0v) is 10.3. The van der Waals surface area contributed by atoms with Crippen molar-refractivity contribution >= 4 is 0 Å². The first-order chi connectivity index (χ1) is 8.79. The molecule has 2 rings (SSSR count). The highest BCUT2D eigenvalue weighted by molar-refractivity contribution is 5.12. The smallest absolute Gasteiger partial charge is 0.0965 e. The van der Waals surface area contributed by atoms with Crippen molar-refractivity contribution in [3.8, 4) is 0 Å². The molecule has 6 nitrogen and oxygen atoms in total. The quantitative estimate of drug-likeness (QED) is 0.778. The van der Waals surface area contributed by atoms with Gasteiger partial charge in [-0.05, 0) is 18.6 Å². The van der Waals surface area contributed by atoms with Crippen LogP contribution in [0.15, 0.2) is 30.7 Å². The Kier molecular flexibility index (Phi) is 4.38. The van der Waals surface area contributed by atoms with E-state index in [0.717, 1.165) is 11.3 Å². The molecule has 2 aromatic rings. The Morgan fingerprint density at radius 2 is 2.39 bits per heavy atom. The lowest BCUT2D eigenvalue weighted by molar-refractivity contribution is 0.268. The fourth-order valence-electron chi connectivity index (χ4n) is 1.64. The topological polar surface area (TPSA) is 75.9 Å². The number of nitrogens with one attached hydrogen (secondary N) is 1. The van der Waals surface area contributed by atoms with Crippen molar-refractivity contribution in [3.63, 3.8) is 0 Å². The van der Waals surface area contributed by atoms with Gasteiger partial charge in [-0.1, -0.05) is 11.3 Å². The van der Waals surface area contributed by atoms with Gasteiger partial charge in [-0.2, -0.15) is 0 Å². The summed E-state index contributed by atoms with van der Waals surface area (Å²) in [5.41, 5.74) is 2.00. The average Bonchev–Trinajstić information content (AvgIpc) is 2.85. The molecule has 0 saturated carbocycles. The third kappa shape index (κ3) is 3.35. The molecule has 0 unspecified atom stereocenters. The van der Waals surface area contributed by atoms with E-state index in [2.05, 4.69) is 27.5 Å². The third-order valence-electron chi connectivity index (χ3n) is 2.69. The fraction of sp³-hybridized carbons (Fsp3) is 0.417. The van der Waals surface area contributed by atoms with E-state index < -0.39 is 0 Å². The van der Waals surface area contributed by atoms with Crippen LogP contribution < -0.4 is 5.32 Å². The number of aliphatic hydroxyl groups excluding tert-OH is 1. The fourth-order valence-corrected chi connectivity index (χ4v) is 1.64. The number of aromatic nitrogens is 4. The number of rotatable bonds is 6. The molecule has 0 amide bonds. The Morgan fingerprint density at radius 3 is 3.11 bits per heavy atom. The second-order valence-corrected chi connectivity index (χ2v) is 4.09. The Balaban J connectivity index is 1.87. The van der Waals surface area contributed by atoms with Crippen molar-refractivity contribution in [2.75, 3.05) is 6.61 Å². The SMILES string of the molecule is C[C@H](NCc1cn(CCO)nn1)c1cccnc1. The van der Waals surface area contributed by atoms with E-state index in [1.165, 1.54) is 0 Å². The molecule has 2 aromatic heterocycles. The van der Waals surface area contributed by atoms with Gasteiger partial charge in [-0.15, -0.1) is 5.10 Å². The van der Waals surface area contributed by atoms with E-state index in [-0.39, 0.29) is 12.6 Å². The van der Waals surface area contributed by atoms with Crippen LogP contribution in [-0.2, 0) is 13.1 Å². The lowest BCUT2D eigenvalue weighted by Crippen LogP contribution is -2.18. The lowest BCUT2D eigenvalue weighted by Gasteiger charge is -2.12. The van der Waals surface area contributed by atoms with E-state index >= 15 is 0 Å². The number of nitrogens with zero attached hydrogens (tertiary/aromatic N) is 4. The molecule has 6 heteroatoms. The highest BCUT2D eigenvalue weighted by Crippen LogP contribution is 2.10. The van der Waals surface area contributed by atoms with Crippen LogP contribution in [0.2, 0.25) is 0 Å². The van der Waals surface area contributed by atoms with Crippen molar-refractivity contribution in [3.05, 3.63) is 42.0 Å². The molecule has 0 radical (unpaired) electrons. The minimum absolute atomic E-state index is 0.0717. The molecule has 96 valence electrons. The van der Waals surface area contributed by atoms with Crippen molar-refractivity contribution < 1.29 is 5.11 Å². The number of aliphatic hydroxyl groups is 1. The highest BCUT2D eigenvalue weighted by atomic mass is 16.3. The second-order valence-electron chi connectivity index (χ2n) is 4.09. The van der Waals surface area contributed by atoms with Crippen molar-refractivity contribution in [2.45, 2.75) is 26.1 Å². The van der Waals surface area contributed by atoms with Gasteiger partial charge >= 0.3 is 0 Å². The standard InChI is InChI=1S/C12H17N5O/c1-10(11-3-2-4-13-7-11)14-8-12-9-17(5-6-18)16-15-12/h2-4,7,9-10,14,18H,5-6,8H2,1H3/t10-/m0/s1. The van der Waals surface area contributed by atoms with Crippen LogP contribution in [0.5, 0.6) is 0 Å². The van der Waals surface area contributed by atoms with Crippen LogP contribution in [0.4, 0.5) is 0 Å². The van der Waals surface area contributed by atoms with Gasteiger partial charge in [0.1, 0.15) is 0 Å². The van der Waals surface area contributed by atoms with Crippen LogP contribution in [-0.4, -0.2) is 31.7 Å². The minimum atomic E-state index is 0.0717. The molecule has 0 bridgehead atoms. The largest absolute Gasteiger partial charge is 0.394 e. The molecule has 2 heterocycles. The Labute approximate surface area is 106 Å². The second kappa shape index (κ2) is 6.23. The summed E-state index contributed by atoms with van der Waals surface area (Å²) in [6.45, 7) is 3.27. The van der Waals surface area contributed by atoms with Gasteiger partial charge in [-0.3, -0.25) is 4.98 Å². The minimum Gasteiger partial charge on any atom is -0.394 e. The first-order valence-electron chi connectivity index (χ1n) is 5.93. The summed E-state index contributed by atoms with van der Waals surface area (Å²) >= 11 is 0. The van der Waals surface area contributed by atoms with Gasteiger partial charge in [-0.25, -0.2) is 4.68 Å². The van der Waals surface area contributed by atoms with Crippen LogP contribution in [0.25, 0.3) is 0 Å². The Hall–Kier alpha value is -1.79. The summed E-state index contributed by atoms with van der Waals surface area (Å²) in [5, 5.41) is 20.1. The third-order valence-corrected chi connectivity index (χ3v) is 2.69. The number of pyridine rings is 1. The molecule has 1 atom stereocenters. The predicted octanol–water partition coefficient (Wildman–Crippen LogP) is 0.516. The predicted molar refractivity (Wildman–Crippen MR) is 66.6 cm³/mol. The zero-order chi connectivity index (χ0) is 12.8. The Bertz CT molecular complexity index is 470. The monoisotopic (exact) mass is 247 g/mol. The highest BCUT2D eigenvalue weighted by Gasteiger charge is 2.06. The van der Waals surface area contributed by atoms with Gasteiger partial charge in [0.15, 0.2) is 0 Å². The molecule has 0 aromatic carbocycles. The molecule has 0 fully saturated rings. The van der Waals surface area contributed by atoms with Crippen LogP contribution in [0.3, 0.4) is 0 Å². The van der Waals surface area contributed by atoms with Crippen molar-refractivity contribution in [1.82, 2.24) is 25.3 Å². The summed E-state index contributed by atoms with van der Waals surface area (Å²) in [6.07, 6.45) is 5.44. The zero-order valence-electron chi connectivity index (χ0n) is 10.3. The van der Waals surface area contributed by atoms with E-state index in [1.54, 1.807) is 10.9 Å². The van der Waals surface area contributed by atoms with Gasteiger partial charge in [0, 0.05) is 31.2 Å². The molecule has 0 aliphatic rings. The molecule has 0 saturated heterocycles. The van der Waals surface area contributed by atoms with E-state index in [4.69, 9.17) is 5.11 Å². The molecule has 2 N–H and O–H groups in total. The summed E-state index contributed by atoms with van der Waals surface area (Å²) in [4.78, 5) is 4.09. The first kappa shape index (κ1) is 12.7. The summed E-state index contributed by atoms with van der Waals surface area (Å²) in [6, 6.07) is 4.17. The number of hydrogen-bond donors (Lipinski definition) is 2. The maximum absolute atomic E-state index is 8.78. The summed E-state index contributed by atoms with van der Waals surface area (Å²) < 4.78 is 1.63. The van der Waals surface area contributed by atoms with Gasteiger partial charge in [0.2, 0.25) is 0 Å². The summed E-state index contributed by atoms with van der Waals surface area (Å²) in [5.74, 6) is 0. The van der Waals surface area contributed by atoms with E-state index in [0.29, 0.717) is 13.1 Å². The maximum atomic E-state index is 8.78. The molecular weight excluding hydrogens is 230 g/mol. The van der Waals surface area contributed by atoms with Crippen LogP contribution in [0.1, 0.15) is 24.2 Å². The van der Waals surface area contributed by atoms with Gasteiger partial charge < -0.3 is 10.4 Å². The van der Waals surface area contributed by atoms with Gasteiger partial charge in [0.05, 0.1) is 18.8 Å². The average molecular weight is 247 g/mol. The van der Waals surface area contributed by atoms with Crippen LogP contribution >= 0.6 is 0 Å². The van der Waals surface area contributed by atoms with Crippen molar-refractivity contribution in [2.24, 2.45) is 0 Å². The summed E-state index contributed by atoms with van der Waals surface area (Å²) in [7, 11) is 0. The molecular formula is C12H17N5O. The molecule has 18 heavy (non-hydrogen) atoms. The molecule has 0 aliphatic carbocycles. The normalized spacial score (nSPS) is 12.6. The van der Waals surface area contributed by atoms with Crippen LogP contribution in [0, 0.1) is 0 Å². The first-order valence-corrected chi connectivity index (χ1v) is 5.93. The number of hydrogen-bond acceptors (Lipinski definition) is 5. The molecule has 0 spiro atoms. The lowest BCUT2D eigenvalue weighted by atomic mass is 10.1. The van der Waals surface area contributed by atoms with E-state index in [1.807, 2.05) is 24.5 Å². The van der Waals surface area contributed by atoms with E-state index in [9.17, 15) is 0 Å². The van der Waals surface area contributed by atoms with Crippen molar-refractivity contribution in [1.29, 1.82) is 0 Å². The molecule has 0 aliphatic heterocycles. The maximum Gasteiger partial charge on any atom is 0.0965 e.